The number of benzene rings is 1. The smallest absolute Gasteiger partial charge is 0.318 e. The number of hydrogen-bond donors (Lipinski definition) is 3. The number of carbonyl (C=O) groups excluding carboxylic acids is 1. The van der Waals surface area contributed by atoms with Crippen LogP contribution in [-0.2, 0) is 4.79 Å². The highest BCUT2D eigenvalue weighted by molar-refractivity contribution is 6.31. The van der Waals surface area contributed by atoms with Crippen LogP contribution in [0.1, 0.15) is 37.5 Å². The standard InChI is InChI=1S/C16H19ClN4O3/c17-10-4-5-11-12(9-10)20-15(19-11)13-3-1-2-8-21(13)16(24)18-7-6-14(22)23/h4-5,9,13H,1-3,6-8H2,(H,18,24)(H,19,20)(H,22,23). The van der Waals surface area contributed by atoms with Gasteiger partial charge in [-0.3, -0.25) is 4.79 Å². The summed E-state index contributed by atoms with van der Waals surface area (Å²) in [7, 11) is 0. The number of aromatic amines is 1. The number of halogens is 1. The molecule has 7 nitrogen and oxygen atoms in total. The van der Waals surface area contributed by atoms with E-state index < -0.39 is 5.97 Å². The number of carboxylic acid groups (broad SMARTS) is 1. The minimum atomic E-state index is -0.931. The minimum Gasteiger partial charge on any atom is -0.481 e. The molecule has 128 valence electrons. The van der Waals surface area contributed by atoms with Gasteiger partial charge >= 0.3 is 12.0 Å². The molecule has 3 N–H and O–H groups in total. The summed E-state index contributed by atoms with van der Waals surface area (Å²) in [6.07, 6.45) is 2.67. The Labute approximate surface area is 144 Å². The van der Waals surface area contributed by atoms with Crippen LogP contribution in [0, 0.1) is 0 Å². The Morgan fingerprint density at radius 3 is 3.04 bits per heavy atom. The van der Waals surface area contributed by atoms with E-state index in [9.17, 15) is 9.59 Å². The molecule has 2 aromatic rings. The second kappa shape index (κ2) is 7.09. The minimum absolute atomic E-state index is 0.0899. The molecule has 8 heteroatoms. The topological polar surface area (TPSA) is 98.3 Å². The maximum Gasteiger partial charge on any atom is 0.318 e. The Hall–Kier alpha value is -2.28. The van der Waals surface area contributed by atoms with Gasteiger partial charge in [-0.05, 0) is 37.5 Å². The molecular weight excluding hydrogens is 332 g/mol. The van der Waals surface area contributed by atoms with Gasteiger partial charge in [-0.2, -0.15) is 0 Å². The lowest BCUT2D eigenvalue weighted by Crippen LogP contribution is -2.45. The van der Waals surface area contributed by atoms with E-state index in [1.807, 2.05) is 12.1 Å². The number of carbonyl (C=O) groups is 2. The molecule has 24 heavy (non-hydrogen) atoms. The number of aromatic nitrogens is 2. The van der Waals surface area contributed by atoms with E-state index in [2.05, 4.69) is 15.3 Å². The molecule has 0 bridgehead atoms. The average Bonchev–Trinajstić information content (AvgIpc) is 2.97. The van der Waals surface area contributed by atoms with Crippen LogP contribution >= 0.6 is 11.6 Å². The maximum atomic E-state index is 12.4. The fourth-order valence-electron chi connectivity index (χ4n) is 3.00. The first-order chi connectivity index (χ1) is 11.5. The van der Waals surface area contributed by atoms with E-state index in [-0.39, 0.29) is 25.0 Å². The van der Waals surface area contributed by atoms with Gasteiger partial charge in [0.05, 0.1) is 23.5 Å². The summed E-state index contributed by atoms with van der Waals surface area (Å²) < 4.78 is 0. The van der Waals surface area contributed by atoms with Gasteiger partial charge in [-0.25, -0.2) is 9.78 Å². The number of likely N-dealkylation sites (tertiary alicyclic amines) is 1. The molecule has 3 rings (SSSR count). The summed E-state index contributed by atoms with van der Waals surface area (Å²) in [5, 5.41) is 12.0. The Kier molecular flexibility index (Phi) is 4.89. The van der Waals surface area contributed by atoms with E-state index >= 15 is 0 Å². The van der Waals surface area contributed by atoms with E-state index in [0.29, 0.717) is 11.6 Å². The molecule has 1 fully saturated rings. The van der Waals surface area contributed by atoms with Gasteiger partial charge in [0.2, 0.25) is 0 Å². The fraction of sp³-hybridized carbons (Fsp3) is 0.438. The summed E-state index contributed by atoms with van der Waals surface area (Å²) in [5.41, 5.74) is 1.65. The lowest BCUT2D eigenvalue weighted by atomic mass is 10.0. The van der Waals surface area contributed by atoms with Crippen molar-refractivity contribution in [2.45, 2.75) is 31.7 Å². The number of urea groups is 1. The fourth-order valence-corrected chi connectivity index (χ4v) is 3.17. The van der Waals surface area contributed by atoms with Crippen LogP contribution in [0.4, 0.5) is 4.79 Å². The van der Waals surface area contributed by atoms with Crippen LogP contribution in [0.5, 0.6) is 0 Å². The van der Waals surface area contributed by atoms with Gasteiger partial charge in [0.15, 0.2) is 0 Å². The molecule has 0 radical (unpaired) electrons. The molecule has 1 aromatic carbocycles. The first kappa shape index (κ1) is 16.6. The van der Waals surface area contributed by atoms with E-state index in [0.717, 1.165) is 36.1 Å². The second-order valence-electron chi connectivity index (χ2n) is 5.86. The zero-order chi connectivity index (χ0) is 17.1. The highest BCUT2D eigenvalue weighted by atomic mass is 35.5. The van der Waals surface area contributed by atoms with Crippen molar-refractivity contribution in [3.05, 3.63) is 29.0 Å². The molecule has 1 atom stereocenters. The number of aliphatic carboxylic acids is 1. The van der Waals surface area contributed by atoms with Crippen LogP contribution in [0.2, 0.25) is 5.02 Å². The quantitative estimate of drug-likeness (QED) is 0.789. The second-order valence-corrected chi connectivity index (χ2v) is 6.30. The van der Waals surface area contributed by atoms with Gasteiger partial charge in [-0.15, -0.1) is 0 Å². The summed E-state index contributed by atoms with van der Waals surface area (Å²) in [5.74, 6) is -0.194. The lowest BCUT2D eigenvalue weighted by Gasteiger charge is -2.34. The molecule has 2 heterocycles. The molecule has 1 aromatic heterocycles. The first-order valence-electron chi connectivity index (χ1n) is 7.96. The molecular formula is C16H19ClN4O3. The summed E-state index contributed by atoms with van der Waals surface area (Å²) >= 11 is 6.01. The zero-order valence-electron chi connectivity index (χ0n) is 13.1. The number of nitrogens with zero attached hydrogens (tertiary/aromatic N) is 2. The number of hydrogen-bond acceptors (Lipinski definition) is 3. The monoisotopic (exact) mass is 350 g/mol. The normalized spacial score (nSPS) is 17.9. The molecule has 0 spiro atoms. The predicted octanol–water partition coefficient (Wildman–Crippen LogP) is 2.93. The Balaban J connectivity index is 1.77. The summed E-state index contributed by atoms with van der Waals surface area (Å²) in [6, 6.07) is 5.05. The van der Waals surface area contributed by atoms with Crippen molar-refractivity contribution in [2.24, 2.45) is 0 Å². The third-order valence-corrected chi connectivity index (χ3v) is 4.39. The van der Waals surface area contributed by atoms with Gasteiger partial charge in [0, 0.05) is 18.1 Å². The van der Waals surface area contributed by atoms with Gasteiger partial charge in [-0.1, -0.05) is 11.6 Å². The lowest BCUT2D eigenvalue weighted by molar-refractivity contribution is -0.136. The van der Waals surface area contributed by atoms with Crippen molar-refractivity contribution in [3.63, 3.8) is 0 Å². The number of H-pyrrole nitrogens is 1. The van der Waals surface area contributed by atoms with Crippen molar-refractivity contribution in [2.75, 3.05) is 13.1 Å². The molecule has 0 aliphatic carbocycles. The number of amides is 2. The highest BCUT2D eigenvalue weighted by Crippen LogP contribution is 2.31. The van der Waals surface area contributed by atoms with Crippen molar-refractivity contribution in [1.82, 2.24) is 20.2 Å². The number of fused-ring (bicyclic) bond motifs is 1. The van der Waals surface area contributed by atoms with E-state index in [1.165, 1.54) is 0 Å². The third kappa shape index (κ3) is 3.62. The highest BCUT2D eigenvalue weighted by Gasteiger charge is 2.30. The molecule has 1 aliphatic heterocycles. The Morgan fingerprint density at radius 1 is 1.42 bits per heavy atom. The predicted molar refractivity (Wildman–Crippen MR) is 90.1 cm³/mol. The molecule has 0 saturated carbocycles. The van der Waals surface area contributed by atoms with Crippen LogP contribution in [-0.4, -0.2) is 45.1 Å². The van der Waals surface area contributed by atoms with Crippen molar-refractivity contribution >= 4 is 34.6 Å². The largest absolute Gasteiger partial charge is 0.481 e. The summed E-state index contributed by atoms with van der Waals surface area (Å²) in [4.78, 5) is 32.5. The number of carboxylic acids is 1. The summed E-state index contributed by atoms with van der Waals surface area (Å²) in [6.45, 7) is 0.745. The van der Waals surface area contributed by atoms with Crippen molar-refractivity contribution < 1.29 is 14.7 Å². The van der Waals surface area contributed by atoms with E-state index in [1.54, 1.807) is 11.0 Å². The van der Waals surface area contributed by atoms with Crippen LogP contribution in [0.3, 0.4) is 0 Å². The first-order valence-corrected chi connectivity index (χ1v) is 8.34. The average molecular weight is 351 g/mol. The Bertz CT molecular complexity index is 761. The van der Waals surface area contributed by atoms with Crippen LogP contribution < -0.4 is 5.32 Å². The maximum absolute atomic E-state index is 12.4. The van der Waals surface area contributed by atoms with Crippen LogP contribution in [0.15, 0.2) is 18.2 Å². The molecule has 1 unspecified atom stereocenters. The Morgan fingerprint density at radius 2 is 2.25 bits per heavy atom. The SMILES string of the molecule is O=C(O)CCNC(=O)N1CCCCC1c1nc2ccc(Cl)cc2[nH]1. The number of piperidine rings is 1. The van der Waals surface area contributed by atoms with E-state index in [4.69, 9.17) is 16.7 Å². The van der Waals surface area contributed by atoms with Crippen molar-refractivity contribution in [3.8, 4) is 0 Å². The number of rotatable bonds is 4. The molecule has 2 amide bonds. The van der Waals surface area contributed by atoms with Crippen LogP contribution in [0.25, 0.3) is 11.0 Å². The van der Waals surface area contributed by atoms with Gasteiger partial charge in [0.1, 0.15) is 5.82 Å². The third-order valence-electron chi connectivity index (χ3n) is 4.16. The number of nitrogens with one attached hydrogen (secondary N) is 2. The molecule has 1 aliphatic rings. The van der Waals surface area contributed by atoms with Crippen molar-refractivity contribution in [1.29, 1.82) is 0 Å². The van der Waals surface area contributed by atoms with Gasteiger partial charge in [0.25, 0.3) is 0 Å². The molecule has 1 saturated heterocycles. The zero-order valence-corrected chi connectivity index (χ0v) is 13.8. The van der Waals surface area contributed by atoms with Gasteiger partial charge < -0.3 is 20.3 Å². The number of imidazole rings is 1.